The van der Waals surface area contributed by atoms with E-state index in [4.69, 9.17) is 0 Å². The highest BCUT2D eigenvalue weighted by atomic mass is 32.2. The molecule has 1 amide bonds. The standard InChI is InChI=1S/C15H17N3OS/c1-18(2)14-9-5-8-13(17-14)15(19)16-11-6-4-7-12(10-11)20-3/h4-10H,1-3H3,(H,16,19). The molecule has 0 unspecified atom stereocenters. The molecule has 1 aromatic heterocycles. The molecule has 2 rings (SSSR count). The molecule has 20 heavy (non-hydrogen) atoms. The van der Waals surface area contributed by atoms with Crippen molar-refractivity contribution in [2.45, 2.75) is 4.90 Å². The summed E-state index contributed by atoms with van der Waals surface area (Å²) in [5, 5.41) is 2.87. The molecular weight excluding hydrogens is 270 g/mol. The molecule has 0 atom stereocenters. The number of nitrogens with one attached hydrogen (secondary N) is 1. The Bertz CT molecular complexity index is 614. The Morgan fingerprint density at radius 1 is 1.20 bits per heavy atom. The van der Waals surface area contributed by atoms with Crippen molar-refractivity contribution >= 4 is 29.2 Å². The van der Waals surface area contributed by atoms with Crippen molar-refractivity contribution in [2.75, 3.05) is 30.6 Å². The molecule has 0 radical (unpaired) electrons. The number of pyridine rings is 1. The van der Waals surface area contributed by atoms with Crippen molar-refractivity contribution in [2.24, 2.45) is 0 Å². The maximum atomic E-state index is 12.2. The average Bonchev–Trinajstić information content (AvgIpc) is 2.47. The van der Waals surface area contributed by atoms with Gasteiger partial charge < -0.3 is 10.2 Å². The van der Waals surface area contributed by atoms with Crippen LogP contribution in [0.5, 0.6) is 0 Å². The van der Waals surface area contributed by atoms with Crippen LogP contribution in [-0.4, -0.2) is 31.2 Å². The van der Waals surface area contributed by atoms with Crippen LogP contribution in [0.2, 0.25) is 0 Å². The van der Waals surface area contributed by atoms with Crippen LogP contribution in [0.25, 0.3) is 0 Å². The largest absolute Gasteiger partial charge is 0.363 e. The van der Waals surface area contributed by atoms with E-state index >= 15 is 0 Å². The summed E-state index contributed by atoms with van der Waals surface area (Å²) in [7, 11) is 3.79. The fraction of sp³-hybridized carbons (Fsp3) is 0.200. The molecule has 1 aromatic carbocycles. The van der Waals surface area contributed by atoms with E-state index in [0.717, 1.165) is 16.4 Å². The number of aromatic nitrogens is 1. The third kappa shape index (κ3) is 3.51. The summed E-state index contributed by atoms with van der Waals surface area (Å²) in [5.74, 6) is 0.558. The molecule has 0 aliphatic carbocycles. The summed E-state index contributed by atoms with van der Waals surface area (Å²) >= 11 is 1.64. The first-order valence-electron chi connectivity index (χ1n) is 6.20. The van der Waals surface area contributed by atoms with Crippen molar-refractivity contribution in [3.05, 3.63) is 48.2 Å². The second-order valence-corrected chi connectivity index (χ2v) is 5.34. The first kappa shape index (κ1) is 14.4. The van der Waals surface area contributed by atoms with Crippen LogP contribution in [0.15, 0.2) is 47.4 Å². The van der Waals surface area contributed by atoms with Gasteiger partial charge in [-0.3, -0.25) is 4.79 Å². The van der Waals surface area contributed by atoms with Gasteiger partial charge in [0.15, 0.2) is 0 Å². The maximum Gasteiger partial charge on any atom is 0.274 e. The van der Waals surface area contributed by atoms with E-state index in [0.29, 0.717) is 5.69 Å². The summed E-state index contributed by atoms with van der Waals surface area (Å²) in [4.78, 5) is 19.5. The van der Waals surface area contributed by atoms with Crippen LogP contribution in [0, 0.1) is 0 Å². The highest BCUT2D eigenvalue weighted by Crippen LogP contribution is 2.19. The number of thioether (sulfide) groups is 1. The number of anilines is 2. The van der Waals surface area contributed by atoms with Gasteiger partial charge in [0, 0.05) is 24.7 Å². The number of nitrogens with zero attached hydrogens (tertiary/aromatic N) is 2. The van der Waals surface area contributed by atoms with Crippen molar-refractivity contribution in [1.82, 2.24) is 4.98 Å². The Labute approximate surface area is 123 Å². The molecule has 104 valence electrons. The van der Waals surface area contributed by atoms with Crippen molar-refractivity contribution in [3.8, 4) is 0 Å². The fourth-order valence-corrected chi connectivity index (χ4v) is 2.15. The highest BCUT2D eigenvalue weighted by molar-refractivity contribution is 7.98. The van der Waals surface area contributed by atoms with Crippen LogP contribution < -0.4 is 10.2 Å². The van der Waals surface area contributed by atoms with E-state index in [2.05, 4.69) is 10.3 Å². The van der Waals surface area contributed by atoms with E-state index in [9.17, 15) is 4.79 Å². The summed E-state index contributed by atoms with van der Waals surface area (Å²) < 4.78 is 0. The van der Waals surface area contributed by atoms with Crippen LogP contribution in [0.3, 0.4) is 0 Å². The van der Waals surface area contributed by atoms with Gasteiger partial charge in [-0.05, 0) is 36.6 Å². The first-order valence-corrected chi connectivity index (χ1v) is 7.42. The van der Waals surface area contributed by atoms with Crippen LogP contribution in [0.1, 0.15) is 10.5 Å². The normalized spacial score (nSPS) is 10.2. The van der Waals surface area contributed by atoms with Gasteiger partial charge in [0.25, 0.3) is 5.91 Å². The molecule has 1 N–H and O–H groups in total. The zero-order chi connectivity index (χ0) is 14.5. The summed E-state index contributed by atoms with van der Waals surface area (Å²) in [6.45, 7) is 0. The molecule has 1 heterocycles. The Hall–Kier alpha value is -2.01. The monoisotopic (exact) mass is 287 g/mol. The van der Waals surface area contributed by atoms with Gasteiger partial charge in [0.2, 0.25) is 0 Å². The highest BCUT2D eigenvalue weighted by Gasteiger charge is 2.09. The fourth-order valence-electron chi connectivity index (χ4n) is 1.69. The predicted octanol–water partition coefficient (Wildman–Crippen LogP) is 3.12. The van der Waals surface area contributed by atoms with E-state index < -0.39 is 0 Å². The molecule has 0 aliphatic rings. The van der Waals surface area contributed by atoms with Crippen LogP contribution in [-0.2, 0) is 0 Å². The summed E-state index contributed by atoms with van der Waals surface area (Å²) in [6, 6.07) is 13.1. The van der Waals surface area contributed by atoms with Crippen molar-refractivity contribution < 1.29 is 4.79 Å². The minimum Gasteiger partial charge on any atom is -0.363 e. The molecule has 0 aliphatic heterocycles. The van der Waals surface area contributed by atoms with Crippen molar-refractivity contribution in [1.29, 1.82) is 0 Å². The lowest BCUT2D eigenvalue weighted by Gasteiger charge is -2.12. The van der Waals surface area contributed by atoms with E-state index in [-0.39, 0.29) is 5.91 Å². The van der Waals surface area contributed by atoms with Gasteiger partial charge >= 0.3 is 0 Å². The third-order valence-corrected chi connectivity index (χ3v) is 3.48. The number of rotatable bonds is 4. The Kier molecular flexibility index (Phi) is 4.63. The SMILES string of the molecule is CSc1cccc(NC(=O)c2cccc(N(C)C)n2)c1. The minimum absolute atomic E-state index is 0.202. The van der Waals surface area contributed by atoms with Gasteiger partial charge in [0.1, 0.15) is 11.5 Å². The van der Waals surface area contributed by atoms with Crippen LogP contribution >= 0.6 is 11.8 Å². The molecule has 0 saturated carbocycles. The molecule has 5 heteroatoms. The average molecular weight is 287 g/mol. The molecule has 0 saturated heterocycles. The number of benzene rings is 1. The lowest BCUT2D eigenvalue weighted by atomic mass is 10.3. The topological polar surface area (TPSA) is 45.2 Å². The lowest BCUT2D eigenvalue weighted by molar-refractivity contribution is 0.102. The molecule has 2 aromatic rings. The summed E-state index contributed by atoms with van der Waals surface area (Å²) in [5.41, 5.74) is 1.18. The smallest absolute Gasteiger partial charge is 0.274 e. The molecule has 0 fully saturated rings. The minimum atomic E-state index is -0.202. The third-order valence-electron chi connectivity index (χ3n) is 2.75. The zero-order valence-corrected chi connectivity index (χ0v) is 12.6. The molecule has 0 spiro atoms. The molecule has 4 nitrogen and oxygen atoms in total. The second-order valence-electron chi connectivity index (χ2n) is 4.46. The quantitative estimate of drug-likeness (QED) is 0.878. The number of carbonyl (C=O) groups excluding carboxylic acids is 1. The van der Waals surface area contributed by atoms with Gasteiger partial charge in [-0.2, -0.15) is 0 Å². The first-order chi connectivity index (χ1) is 9.60. The predicted molar refractivity (Wildman–Crippen MR) is 84.7 cm³/mol. The Morgan fingerprint density at radius 3 is 2.65 bits per heavy atom. The van der Waals surface area contributed by atoms with Gasteiger partial charge in [0.05, 0.1) is 0 Å². The lowest BCUT2D eigenvalue weighted by Crippen LogP contribution is -2.17. The van der Waals surface area contributed by atoms with Crippen LogP contribution in [0.4, 0.5) is 11.5 Å². The number of carbonyl (C=O) groups is 1. The van der Waals surface area contributed by atoms with E-state index in [1.54, 1.807) is 17.8 Å². The maximum absolute atomic E-state index is 12.2. The van der Waals surface area contributed by atoms with Crippen molar-refractivity contribution in [3.63, 3.8) is 0 Å². The Balaban J connectivity index is 2.17. The number of amides is 1. The number of hydrogen-bond donors (Lipinski definition) is 1. The second kappa shape index (κ2) is 6.43. The number of hydrogen-bond acceptors (Lipinski definition) is 4. The summed E-state index contributed by atoms with van der Waals surface area (Å²) in [6.07, 6.45) is 2.00. The molecule has 0 bridgehead atoms. The Morgan fingerprint density at radius 2 is 1.95 bits per heavy atom. The van der Waals surface area contributed by atoms with E-state index in [1.807, 2.05) is 61.6 Å². The van der Waals surface area contributed by atoms with E-state index in [1.165, 1.54) is 0 Å². The molecular formula is C15H17N3OS. The van der Waals surface area contributed by atoms with Gasteiger partial charge in [-0.1, -0.05) is 12.1 Å². The zero-order valence-electron chi connectivity index (χ0n) is 11.8. The van der Waals surface area contributed by atoms with Gasteiger partial charge in [-0.25, -0.2) is 4.98 Å². The van der Waals surface area contributed by atoms with Gasteiger partial charge in [-0.15, -0.1) is 11.8 Å².